The van der Waals surface area contributed by atoms with Gasteiger partial charge in [0, 0.05) is 5.33 Å². The van der Waals surface area contributed by atoms with Gasteiger partial charge in [0.1, 0.15) is 6.10 Å². The van der Waals surface area contributed by atoms with Crippen molar-refractivity contribution >= 4 is 15.9 Å². The fourth-order valence-electron chi connectivity index (χ4n) is 1.57. The third kappa shape index (κ3) is 3.89. The molecule has 0 radical (unpaired) electrons. The van der Waals surface area contributed by atoms with Crippen LogP contribution in [0.2, 0.25) is 0 Å². The van der Waals surface area contributed by atoms with E-state index in [-0.39, 0.29) is 0 Å². The molecular weight excluding hydrogens is 268 g/mol. The Balaban J connectivity index is 2.63. The minimum Gasteiger partial charge on any atom is -0.389 e. The van der Waals surface area contributed by atoms with E-state index in [1.54, 1.807) is 0 Å². The van der Waals surface area contributed by atoms with E-state index in [2.05, 4.69) is 22.9 Å². The number of halogens is 1. The second-order valence-corrected chi connectivity index (χ2v) is 4.66. The van der Waals surface area contributed by atoms with Crippen molar-refractivity contribution in [1.29, 1.82) is 0 Å². The van der Waals surface area contributed by atoms with Gasteiger partial charge in [-0.15, -0.1) is 0 Å². The predicted octanol–water partition coefficient (Wildman–Crippen LogP) is 2.82. The number of aliphatic hydroxyl groups is 2. The number of aryl methyl sites for hydroxylation is 1. The smallest absolute Gasteiger partial charge is 0.106 e. The molecule has 90 valence electrons. The molecule has 2 N–H and O–H groups in total. The Morgan fingerprint density at radius 1 is 1.19 bits per heavy atom. The van der Waals surface area contributed by atoms with Gasteiger partial charge < -0.3 is 10.2 Å². The summed E-state index contributed by atoms with van der Waals surface area (Å²) in [6.07, 6.45) is 1.90. The summed E-state index contributed by atoms with van der Waals surface area (Å²) in [4.78, 5) is 0. The van der Waals surface area contributed by atoms with E-state index in [9.17, 15) is 10.2 Å². The Morgan fingerprint density at radius 3 is 2.31 bits per heavy atom. The van der Waals surface area contributed by atoms with Gasteiger partial charge in [0.15, 0.2) is 0 Å². The maximum Gasteiger partial charge on any atom is 0.106 e. The van der Waals surface area contributed by atoms with Crippen LogP contribution in [-0.2, 0) is 6.42 Å². The zero-order valence-electron chi connectivity index (χ0n) is 9.56. The van der Waals surface area contributed by atoms with Crippen molar-refractivity contribution in [3.8, 4) is 0 Å². The average molecular weight is 287 g/mol. The molecule has 1 rings (SSSR count). The van der Waals surface area contributed by atoms with Crippen LogP contribution in [-0.4, -0.2) is 21.6 Å². The molecule has 16 heavy (non-hydrogen) atoms. The van der Waals surface area contributed by atoms with E-state index in [1.165, 1.54) is 18.4 Å². The normalized spacial score (nSPS) is 14.8. The Hall–Kier alpha value is -0.380. The third-order valence-electron chi connectivity index (χ3n) is 2.66. The average Bonchev–Trinajstić information content (AvgIpc) is 2.35. The molecule has 0 aliphatic rings. The van der Waals surface area contributed by atoms with Gasteiger partial charge in [0.25, 0.3) is 0 Å². The minimum absolute atomic E-state index is 0.381. The molecule has 2 atom stereocenters. The second-order valence-electron chi connectivity index (χ2n) is 4.01. The van der Waals surface area contributed by atoms with Gasteiger partial charge in [-0.2, -0.15) is 0 Å². The Morgan fingerprint density at radius 2 is 1.81 bits per heavy atom. The number of rotatable bonds is 6. The molecule has 0 aliphatic carbocycles. The molecule has 0 saturated heterocycles. The fraction of sp³-hybridized carbons (Fsp3) is 0.538. The highest BCUT2D eigenvalue weighted by Gasteiger charge is 2.16. The van der Waals surface area contributed by atoms with E-state index < -0.39 is 12.2 Å². The van der Waals surface area contributed by atoms with Crippen LogP contribution in [0.5, 0.6) is 0 Å². The van der Waals surface area contributed by atoms with Crippen molar-refractivity contribution in [3.63, 3.8) is 0 Å². The van der Waals surface area contributed by atoms with Gasteiger partial charge >= 0.3 is 0 Å². The highest BCUT2D eigenvalue weighted by atomic mass is 79.9. The SMILES string of the molecule is CCCCc1ccc(C(O)C(O)CBr)cc1. The van der Waals surface area contributed by atoms with Gasteiger partial charge in [-0.25, -0.2) is 0 Å². The largest absolute Gasteiger partial charge is 0.389 e. The van der Waals surface area contributed by atoms with Gasteiger partial charge in [-0.05, 0) is 24.0 Å². The lowest BCUT2D eigenvalue weighted by Gasteiger charge is -2.16. The van der Waals surface area contributed by atoms with Crippen molar-refractivity contribution in [3.05, 3.63) is 35.4 Å². The molecule has 3 heteroatoms. The standard InChI is InChI=1S/C13H19BrO2/c1-2-3-4-10-5-7-11(8-6-10)13(16)12(15)9-14/h5-8,12-13,15-16H,2-4,9H2,1H3. The summed E-state index contributed by atoms with van der Waals surface area (Å²) < 4.78 is 0. The van der Waals surface area contributed by atoms with Crippen LogP contribution < -0.4 is 0 Å². The molecule has 0 aromatic heterocycles. The van der Waals surface area contributed by atoms with Gasteiger partial charge in [0.05, 0.1) is 6.10 Å². The second kappa shape index (κ2) is 7.05. The molecule has 0 spiro atoms. The number of hydrogen-bond donors (Lipinski definition) is 2. The zero-order chi connectivity index (χ0) is 12.0. The molecule has 2 unspecified atom stereocenters. The molecule has 0 fully saturated rings. The van der Waals surface area contributed by atoms with Crippen molar-refractivity contribution in [1.82, 2.24) is 0 Å². The summed E-state index contributed by atoms with van der Waals surface area (Å²) in [6, 6.07) is 7.83. The molecule has 0 amide bonds. The molecule has 0 saturated carbocycles. The van der Waals surface area contributed by atoms with E-state index >= 15 is 0 Å². The third-order valence-corrected chi connectivity index (χ3v) is 3.33. The summed E-state index contributed by atoms with van der Waals surface area (Å²) in [7, 11) is 0. The lowest BCUT2D eigenvalue weighted by atomic mass is 10.0. The first kappa shape index (κ1) is 13.7. The first-order valence-corrected chi connectivity index (χ1v) is 6.82. The monoisotopic (exact) mass is 286 g/mol. The summed E-state index contributed by atoms with van der Waals surface area (Å²) in [6.45, 7) is 2.17. The molecule has 2 nitrogen and oxygen atoms in total. The number of benzene rings is 1. The first-order valence-electron chi connectivity index (χ1n) is 5.70. The van der Waals surface area contributed by atoms with Gasteiger partial charge in [-0.1, -0.05) is 53.5 Å². The van der Waals surface area contributed by atoms with Crippen LogP contribution in [0.25, 0.3) is 0 Å². The predicted molar refractivity (Wildman–Crippen MR) is 69.8 cm³/mol. The maximum absolute atomic E-state index is 9.78. The van der Waals surface area contributed by atoms with Crippen molar-refractivity contribution in [2.75, 3.05) is 5.33 Å². The first-order chi connectivity index (χ1) is 7.69. The van der Waals surface area contributed by atoms with Crippen LogP contribution in [0.3, 0.4) is 0 Å². The Bertz CT molecular complexity index is 297. The maximum atomic E-state index is 9.78. The highest BCUT2D eigenvalue weighted by Crippen LogP contribution is 2.19. The number of hydrogen-bond acceptors (Lipinski definition) is 2. The van der Waals surface area contributed by atoms with Crippen molar-refractivity contribution in [2.45, 2.75) is 38.4 Å². The lowest BCUT2D eigenvalue weighted by Crippen LogP contribution is -2.19. The fourth-order valence-corrected chi connectivity index (χ4v) is 1.92. The summed E-state index contributed by atoms with van der Waals surface area (Å²) in [5.74, 6) is 0. The zero-order valence-corrected chi connectivity index (χ0v) is 11.2. The minimum atomic E-state index is -0.806. The van der Waals surface area contributed by atoms with E-state index in [0.717, 1.165) is 12.0 Å². The lowest BCUT2D eigenvalue weighted by molar-refractivity contribution is 0.0342. The van der Waals surface area contributed by atoms with Crippen LogP contribution in [0.4, 0.5) is 0 Å². The van der Waals surface area contributed by atoms with Crippen LogP contribution >= 0.6 is 15.9 Å². The number of unbranched alkanes of at least 4 members (excludes halogenated alkanes) is 1. The van der Waals surface area contributed by atoms with Crippen LogP contribution in [0.1, 0.15) is 37.0 Å². The van der Waals surface area contributed by atoms with E-state index in [1.807, 2.05) is 24.3 Å². The topological polar surface area (TPSA) is 40.5 Å². The van der Waals surface area contributed by atoms with E-state index in [4.69, 9.17) is 0 Å². The molecular formula is C13H19BrO2. The quantitative estimate of drug-likeness (QED) is 0.790. The van der Waals surface area contributed by atoms with Gasteiger partial charge in [0.2, 0.25) is 0 Å². The van der Waals surface area contributed by atoms with Crippen molar-refractivity contribution < 1.29 is 10.2 Å². The molecule has 0 bridgehead atoms. The number of alkyl halides is 1. The molecule has 0 aliphatic heterocycles. The molecule has 0 heterocycles. The van der Waals surface area contributed by atoms with Crippen LogP contribution in [0.15, 0.2) is 24.3 Å². The Kier molecular flexibility index (Phi) is 6.03. The molecule has 1 aromatic rings. The van der Waals surface area contributed by atoms with Gasteiger partial charge in [-0.3, -0.25) is 0 Å². The Labute approximate surface area is 105 Å². The summed E-state index contributed by atoms with van der Waals surface area (Å²) >= 11 is 3.15. The number of aliphatic hydroxyl groups excluding tert-OH is 2. The van der Waals surface area contributed by atoms with E-state index in [0.29, 0.717) is 5.33 Å². The molecule has 1 aromatic carbocycles. The highest BCUT2D eigenvalue weighted by molar-refractivity contribution is 9.09. The summed E-state index contributed by atoms with van der Waals surface area (Å²) in [5.41, 5.74) is 2.05. The summed E-state index contributed by atoms with van der Waals surface area (Å²) in [5, 5.41) is 19.7. The van der Waals surface area contributed by atoms with Crippen LogP contribution in [0, 0.1) is 0 Å². The van der Waals surface area contributed by atoms with Crippen molar-refractivity contribution in [2.24, 2.45) is 0 Å².